The highest BCUT2D eigenvalue weighted by atomic mass is 79.9. The number of fused-ring (bicyclic) bond motifs is 1. The molecule has 5 rings (SSSR count). The summed E-state index contributed by atoms with van der Waals surface area (Å²) in [4.78, 5) is 7.02. The number of pyridine rings is 1. The predicted molar refractivity (Wildman–Crippen MR) is 125 cm³/mol. The zero-order chi connectivity index (χ0) is 20.7. The van der Waals surface area contributed by atoms with Crippen LogP contribution in [0.3, 0.4) is 0 Å². The quantitative estimate of drug-likeness (QED) is 0.359. The molecule has 156 valence electrons. The molecule has 1 saturated carbocycles. The van der Waals surface area contributed by atoms with Crippen LogP contribution < -0.4 is 0 Å². The van der Waals surface area contributed by atoms with Gasteiger partial charge in [-0.05, 0) is 62.1 Å². The Morgan fingerprint density at radius 3 is 2.83 bits per heavy atom. The largest absolute Gasteiger partial charge is 0.305 e. The number of aromatic nitrogens is 4. The lowest BCUT2D eigenvalue weighted by molar-refractivity contribution is 0.299. The maximum absolute atomic E-state index is 4.41. The summed E-state index contributed by atoms with van der Waals surface area (Å²) in [5.41, 5.74) is 3.98. The average molecular weight is 484 g/mol. The molecule has 1 aromatic carbocycles. The molecule has 7 heteroatoms. The molecular weight excluding hydrogens is 458 g/mol. The van der Waals surface area contributed by atoms with E-state index in [0.717, 1.165) is 44.9 Å². The second-order valence-electron chi connectivity index (χ2n) is 8.50. The molecule has 1 saturated heterocycles. The molecule has 1 aliphatic carbocycles. The fraction of sp³-hybridized carbons (Fsp3) is 0.435. The molecule has 0 bridgehead atoms. The van der Waals surface area contributed by atoms with Gasteiger partial charge in [-0.25, -0.2) is 0 Å². The number of aryl methyl sites for hydroxylation is 1. The van der Waals surface area contributed by atoms with Crippen LogP contribution in [0.1, 0.15) is 24.1 Å². The van der Waals surface area contributed by atoms with Crippen molar-refractivity contribution in [3.05, 3.63) is 58.3 Å². The molecule has 3 aromatic rings. The van der Waals surface area contributed by atoms with Crippen LogP contribution in [0.15, 0.2) is 52.2 Å². The zero-order valence-corrected chi connectivity index (χ0v) is 19.8. The standard InChI is InChI=1S/C23H26BrN5S/c1-16-20(5-3-10-25-16)21-26-27-22(28(21)2)30-12-4-11-29-14-18-13-23(18,15-29)17-6-8-19(24)9-7-17/h3,5-10,18H,4,11-15H2,1-2H3/t18-,23?/m0/s1. The van der Waals surface area contributed by atoms with Gasteiger partial charge in [0.15, 0.2) is 11.0 Å². The van der Waals surface area contributed by atoms with Crippen LogP contribution >= 0.6 is 27.7 Å². The molecule has 5 nitrogen and oxygen atoms in total. The lowest BCUT2D eigenvalue weighted by atomic mass is 9.95. The van der Waals surface area contributed by atoms with Crippen molar-refractivity contribution in [3.63, 3.8) is 0 Å². The van der Waals surface area contributed by atoms with Gasteiger partial charge < -0.3 is 9.47 Å². The molecule has 0 amide bonds. The first-order chi connectivity index (χ1) is 14.6. The first-order valence-corrected chi connectivity index (χ1v) is 12.3. The Balaban J connectivity index is 1.13. The van der Waals surface area contributed by atoms with Crippen molar-refractivity contribution in [3.8, 4) is 11.4 Å². The Kier molecular flexibility index (Phi) is 5.45. The molecular formula is C23H26BrN5S. The molecule has 0 radical (unpaired) electrons. The third kappa shape index (κ3) is 3.72. The minimum absolute atomic E-state index is 0.425. The van der Waals surface area contributed by atoms with Gasteiger partial charge in [0.05, 0.1) is 0 Å². The number of nitrogens with zero attached hydrogens (tertiary/aromatic N) is 5. The lowest BCUT2D eigenvalue weighted by Gasteiger charge is -2.21. The molecule has 2 fully saturated rings. The van der Waals surface area contributed by atoms with Gasteiger partial charge in [-0.2, -0.15) is 0 Å². The second kappa shape index (κ2) is 8.09. The zero-order valence-electron chi connectivity index (χ0n) is 17.4. The van der Waals surface area contributed by atoms with Crippen LogP contribution in [0, 0.1) is 12.8 Å². The first kappa shape index (κ1) is 20.2. The Labute approximate surface area is 190 Å². The highest BCUT2D eigenvalue weighted by Crippen LogP contribution is 2.59. The SMILES string of the molecule is Cc1ncccc1-c1nnc(SCCCN2C[C@@H]3CC3(c3ccc(Br)cc3)C2)n1C. The van der Waals surface area contributed by atoms with E-state index in [1.165, 1.54) is 31.5 Å². The topological polar surface area (TPSA) is 46.8 Å². The monoisotopic (exact) mass is 483 g/mol. The minimum atomic E-state index is 0.425. The van der Waals surface area contributed by atoms with Gasteiger partial charge in [0, 0.05) is 53.2 Å². The molecule has 3 heterocycles. The van der Waals surface area contributed by atoms with Gasteiger partial charge in [0.2, 0.25) is 0 Å². The summed E-state index contributed by atoms with van der Waals surface area (Å²) in [6, 6.07) is 13.0. The first-order valence-electron chi connectivity index (χ1n) is 10.5. The highest BCUT2D eigenvalue weighted by Gasteiger charge is 2.60. The molecule has 2 aromatic heterocycles. The van der Waals surface area contributed by atoms with Crippen LogP contribution in [0.5, 0.6) is 0 Å². The molecule has 2 atom stereocenters. The fourth-order valence-electron chi connectivity index (χ4n) is 4.83. The minimum Gasteiger partial charge on any atom is -0.305 e. The number of thioether (sulfide) groups is 1. The molecule has 2 aliphatic rings. The molecule has 0 spiro atoms. The van der Waals surface area contributed by atoms with Crippen molar-refractivity contribution in [2.45, 2.75) is 30.3 Å². The third-order valence-electron chi connectivity index (χ3n) is 6.57. The van der Waals surface area contributed by atoms with E-state index < -0.39 is 0 Å². The van der Waals surface area contributed by atoms with E-state index in [1.54, 1.807) is 11.8 Å². The maximum atomic E-state index is 4.41. The number of halogens is 1. The molecule has 30 heavy (non-hydrogen) atoms. The van der Waals surface area contributed by atoms with Crippen LogP contribution in [-0.2, 0) is 12.5 Å². The maximum Gasteiger partial charge on any atom is 0.191 e. The highest BCUT2D eigenvalue weighted by molar-refractivity contribution is 9.10. The average Bonchev–Trinajstić information content (AvgIpc) is 3.12. The van der Waals surface area contributed by atoms with Crippen molar-refractivity contribution in [1.29, 1.82) is 0 Å². The van der Waals surface area contributed by atoms with Crippen molar-refractivity contribution in [2.24, 2.45) is 13.0 Å². The van der Waals surface area contributed by atoms with Crippen LogP contribution in [0.4, 0.5) is 0 Å². The summed E-state index contributed by atoms with van der Waals surface area (Å²) in [6.07, 6.45) is 4.34. The molecule has 1 aliphatic heterocycles. The normalized spacial score (nSPS) is 23.0. The van der Waals surface area contributed by atoms with Crippen molar-refractivity contribution in [1.82, 2.24) is 24.6 Å². The van der Waals surface area contributed by atoms with E-state index in [1.807, 2.05) is 26.2 Å². The van der Waals surface area contributed by atoms with Gasteiger partial charge in [-0.1, -0.05) is 39.8 Å². The number of benzene rings is 1. The summed E-state index contributed by atoms with van der Waals surface area (Å²) >= 11 is 5.35. The van der Waals surface area contributed by atoms with E-state index >= 15 is 0 Å². The van der Waals surface area contributed by atoms with Crippen molar-refractivity contribution < 1.29 is 0 Å². The summed E-state index contributed by atoms with van der Waals surface area (Å²) in [5.74, 6) is 2.79. The number of hydrogen-bond donors (Lipinski definition) is 0. The Morgan fingerprint density at radius 2 is 2.03 bits per heavy atom. The van der Waals surface area contributed by atoms with Gasteiger partial charge in [0.1, 0.15) is 0 Å². The summed E-state index contributed by atoms with van der Waals surface area (Å²) in [6.45, 7) is 5.63. The fourth-order valence-corrected chi connectivity index (χ4v) is 5.93. The van der Waals surface area contributed by atoms with E-state index in [2.05, 4.69) is 70.9 Å². The number of hydrogen-bond acceptors (Lipinski definition) is 5. The number of piperidine rings is 1. The van der Waals surface area contributed by atoms with E-state index in [-0.39, 0.29) is 0 Å². The third-order valence-corrected chi connectivity index (χ3v) is 8.20. The van der Waals surface area contributed by atoms with Crippen LogP contribution in [0.25, 0.3) is 11.4 Å². The Bertz CT molecular complexity index is 1050. The van der Waals surface area contributed by atoms with Crippen molar-refractivity contribution >= 4 is 27.7 Å². The van der Waals surface area contributed by atoms with Gasteiger partial charge in [-0.3, -0.25) is 4.98 Å². The lowest BCUT2D eigenvalue weighted by Crippen LogP contribution is -2.27. The van der Waals surface area contributed by atoms with E-state index in [4.69, 9.17) is 0 Å². The summed E-state index contributed by atoms with van der Waals surface area (Å²) in [7, 11) is 2.04. The smallest absolute Gasteiger partial charge is 0.191 e. The van der Waals surface area contributed by atoms with Gasteiger partial charge >= 0.3 is 0 Å². The van der Waals surface area contributed by atoms with Crippen molar-refractivity contribution in [2.75, 3.05) is 25.4 Å². The van der Waals surface area contributed by atoms with Crippen LogP contribution in [-0.4, -0.2) is 50.0 Å². The summed E-state index contributed by atoms with van der Waals surface area (Å²) in [5, 5.41) is 9.79. The number of likely N-dealkylation sites (tertiary alicyclic amines) is 1. The summed E-state index contributed by atoms with van der Waals surface area (Å²) < 4.78 is 3.25. The molecule has 1 unspecified atom stereocenters. The number of rotatable bonds is 7. The van der Waals surface area contributed by atoms with E-state index in [0.29, 0.717) is 5.41 Å². The van der Waals surface area contributed by atoms with Crippen LogP contribution in [0.2, 0.25) is 0 Å². The predicted octanol–water partition coefficient (Wildman–Crippen LogP) is 4.70. The van der Waals surface area contributed by atoms with Gasteiger partial charge in [0.25, 0.3) is 0 Å². The Morgan fingerprint density at radius 1 is 1.20 bits per heavy atom. The molecule has 0 N–H and O–H groups in total. The van der Waals surface area contributed by atoms with Gasteiger partial charge in [-0.15, -0.1) is 10.2 Å². The Hall–Kier alpha value is -1.70. The second-order valence-corrected chi connectivity index (χ2v) is 10.5. The van der Waals surface area contributed by atoms with E-state index in [9.17, 15) is 0 Å².